The van der Waals surface area contributed by atoms with Crippen LogP contribution in [0.2, 0.25) is 0 Å². The number of carbonyl (C=O) groups is 1. The van der Waals surface area contributed by atoms with Gasteiger partial charge in [0, 0.05) is 0 Å². The van der Waals surface area contributed by atoms with Gasteiger partial charge in [-0.1, -0.05) is 26.0 Å². The summed E-state index contributed by atoms with van der Waals surface area (Å²) in [5, 5.41) is 0. The molecule has 0 bridgehead atoms. The van der Waals surface area contributed by atoms with Crippen molar-refractivity contribution in [3.05, 3.63) is 35.4 Å². The molecule has 0 fully saturated rings. The molecule has 2 nitrogen and oxygen atoms in total. The van der Waals surface area contributed by atoms with E-state index in [0.29, 0.717) is 5.56 Å². The van der Waals surface area contributed by atoms with Crippen molar-refractivity contribution in [2.24, 2.45) is 5.92 Å². The van der Waals surface area contributed by atoms with Gasteiger partial charge < -0.3 is 4.74 Å². The Hall–Kier alpha value is -1.52. The summed E-state index contributed by atoms with van der Waals surface area (Å²) in [4.78, 5) is 11.1. The SMILES string of the molecule is CC(C)C(=O)OCc1ccc(C(F)(F)F)cc1. The third kappa shape index (κ3) is 4.09. The molecule has 94 valence electrons. The smallest absolute Gasteiger partial charge is 0.416 e. The summed E-state index contributed by atoms with van der Waals surface area (Å²) < 4.78 is 41.7. The van der Waals surface area contributed by atoms with Gasteiger partial charge in [0.1, 0.15) is 6.61 Å². The number of alkyl halides is 3. The van der Waals surface area contributed by atoms with Gasteiger partial charge >= 0.3 is 12.1 Å². The Balaban J connectivity index is 2.61. The number of benzene rings is 1. The monoisotopic (exact) mass is 246 g/mol. The second kappa shape index (κ2) is 5.21. The van der Waals surface area contributed by atoms with Crippen molar-refractivity contribution < 1.29 is 22.7 Å². The summed E-state index contributed by atoms with van der Waals surface area (Å²) in [5.74, 6) is -0.616. The molecular weight excluding hydrogens is 233 g/mol. The fraction of sp³-hybridized carbons (Fsp3) is 0.417. The molecule has 0 spiro atoms. The van der Waals surface area contributed by atoms with Crippen LogP contribution in [0.15, 0.2) is 24.3 Å². The fourth-order valence-corrected chi connectivity index (χ4v) is 1.11. The Morgan fingerprint density at radius 3 is 2.18 bits per heavy atom. The number of carbonyl (C=O) groups excluding carboxylic acids is 1. The molecule has 0 atom stereocenters. The molecule has 0 aliphatic rings. The molecule has 0 aliphatic heterocycles. The third-order valence-electron chi connectivity index (χ3n) is 2.13. The lowest BCUT2D eigenvalue weighted by Gasteiger charge is -2.09. The van der Waals surface area contributed by atoms with E-state index in [2.05, 4.69) is 0 Å². The first-order chi connectivity index (χ1) is 7.80. The van der Waals surface area contributed by atoms with E-state index >= 15 is 0 Å². The van der Waals surface area contributed by atoms with E-state index in [0.717, 1.165) is 12.1 Å². The Morgan fingerprint density at radius 1 is 1.24 bits per heavy atom. The minimum Gasteiger partial charge on any atom is -0.461 e. The van der Waals surface area contributed by atoms with Crippen LogP contribution in [0.4, 0.5) is 13.2 Å². The Bertz CT molecular complexity index is 380. The molecule has 0 aliphatic carbocycles. The van der Waals surface area contributed by atoms with Crippen LogP contribution < -0.4 is 0 Å². The van der Waals surface area contributed by atoms with Crippen LogP contribution in [0.3, 0.4) is 0 Å². The zero-order valence-electron chi connectivity index (χ0n) is 9.54. The summed E-state index contributed by atoms with van der Waals surface area (Å²) >= 11 is 0. The highest BCUT2D eigenvalue weighted by atomic mass is 19.4. The zero-order chi connectivity index (χ0) is 13.1. The number of hydrogen-bond acceptors (Lipinski definition) is 2. The number of ether oxygens (including phenoxy) is 1. The molecule has 5 heteroatoms. The molecule has 0 amide bonds. The lowest BCUT2D eigenvalue weighted by atomic mass is 10.1. The van der Waals surface area contributed by atoms with Gasteiger partial charge in [0.25, 0.3) is 0 Å². The topological polar surface area (TPSA) is 26.3 Å². The van der Waals surface area contributed by atoms with Crippen molar-refractivity contribution in [1.82, 2.24) is 0 Å². The minimum atomic E-state index is -4.34. The van der Waals surface area contributed by atoms with Crippen LogP contribution in [0.5, 0.6) is 0 Å². The number of rotatable bonds is 3. The Kier molecular flexibility index (Phi) is 4.15. The molecule has 0 aromatic heterocycles. The molecule has 0 radical (unpaired) electrons. The van der Waals surface area contributed by atoms with Gasteiger partial charge in [-0.3, -0.25) is 4.79 Å². The Morgan fingerprint density at radius 2 is 1.76 bits per heavy atom. The molecular formula is C12H13F3O2. The standard InChI is InChI=1S/C12H13F3O2/c1-8(2)11(16)17-7-9-3-5-10(6-4-9)12(13,14)15/h3-6,8H,7H2,1-2H3. The average Bonchev–Trinajstić information content (AvgIpc) is 2.25. The molecule has 1 aromatic rings. The van der Waals surface area contributed by atoms with E-state index in [9.17, 15) is 18.0 Å². The van der Waals surface area contributed by atoms with Crippen LogP contribution >= 0.6 is 0 Å². The quantitative estimate of drug-likeness (QED) is 0.764. The van der Waals surface area contributed by atoms with Gasteiger partial charge in [-0.05, 0) is 17.7 Å². The van der Waals surface area contributed by atoms with E-state index < -0.39 is 11.7 Å². The summed E-state index contributed by atoms with van der Waals surface area (Å²) in [6.07, 6.45) is -4.34. The van der Waals surface area contributed by atoms with E-state index in [1.165, 1.54) is 12.1 Å². The first-order valence-corrected chi connectivity index (χ1v) is 5.13. The maximum absolute atomic E-state index is 12.3. The zero-order valence-corrected chi connectivity index (χ0v) is 9.54. The van der Waals surface area contributed by atoms with Gasteiger partial charge in [0.2, 0.25) is 0 Å². The second-order valence-corrected chi connectivity index (χ2v) is 3.96. The van der Waals surface area contributed by atoms with Crippen molar-refractivity contribution in [2.45, 2.75) is 26.6 Å². The highest BCUT2D eigenvalue weighted by Crippen LogP contribution is 2.29. The molecule has 0 heterocycles. The van der Waals surface area contributed by atoms with Crippen molar-refractivity contribution in [3.63, 3.8) is 0 Å². The van der Waals surface area contributed by atoms with Crippen LogP contribution in [0.1, 0.15) is 25.0 Å². The largest absolute Gasteiger partial charge is 0.461 e. The number of hydrogen-bond donors (Lipinski definition) is 0. The van der Waals surface area contributed by atoms with Gasteiger partial charge in [-0.25, -0.2) is 0 Å². The summed E-state index contributed by atoms with van der Waals surface area (Å²) in [6, 6.07) is 4.55. The first-order valence-electron chi connectivity index (χ1n) is 5.13. The highest BCUT2D eigenvalue weighted by Gasteiger charge is 2.29. The van der Waals surface area contributed by atoms with Gasteiger partial charge in [-0.15, -0.1) is 0 Å². The Labute approximate surface area is 97.4 Å². The molecule has 1 rings (SSSR count). The molecule has 0 saturated carbocycles. The van der Waals surface area contributed by atoms with Gasteiger partial charge in [-0.2, -0.15) is 13.2 Å². The van der Waals surface area contributed by atoms with Crippen molar-refractivity contribution in [2.75, 3.05) is 0 Å². The van der Waals surface area contributed by atoms with Crippen molar-refractivity contribution >= 4 is 5.97 Å². The lowest BCUT2D eigenvalue weighted by Crippen LogP contribution is -2.11. The van der Waals surface area contributed by atoms with Crippen molar-refractivity contribution in [1.29, 1.82) is 0 Å². The molecule has 0 unspecified atom stereocenters. The van der Waals surface area contributed by atoms with E-state index in [4.69, 9.17) is 4.74 Å². The highest BCUT2D eigenvalue weighted by molar-refractivity contribution is 5.71. The second-order valence-electron chi connectivity index (χ2n) is 3.96. The third-order valence-corrected chi connectivity index (χ3v) is 2.13. The fourth-order valence-electron chi connectivity index (χ4n) is 1.11. The normalized spacial score (nSPS) is 11.6. The van der Waals surface area contributed by atoms with Gasteiger partial charge in [0.05, 0.1) is 11.5 Å². The first kappa shape index (κ1) is 13.5. The number of esters is 1. The molecule has 1 aromatic carbocycles. The van der Waals surface area contributed by atoms with E-state index in [-0.39, 0.29) is 18.5 Å². The van der Waals surface area contributed by atoms with Crippen LogP contribution in [-0.4, -0.2) is 5.97 Å². The summed E-state index contributed by atoms with van der Waals surface area (Å²) in [5.41, 5.74) is -0.177. The van der Waals surface area contributed by atoms with E-state index in [1.54, 1.807) is 13.8 Å². The van der Waals surface area contributed by atoms with E-state index in [1.807, 2.05) is 0 Å². The summed E-state index contributed by atoms with van der Waals surface area (Å²) in [6.45, 7) is 3.37. The molecule has 0 N–H and O–H groups in total. The number of halogens is 3. The summed E-state index contributed by atoms with van der Waals surface area (Å²) in [7, 11) is 0. The van der Waals surface area contributed by atoms with Gasteiger partial charge in [0.15, 0.2) is 0 Å². The minimum absolute atomic E-state index is 0.00481. The maximum atomic E-state index is 12.3. The lowest BCUT2D eigenvalue weighted by molar-refractivity contribution is -0.148. The van der Waals surface area contributed by atoms with Crippen molar-refractivity contribution in [3.8, 4) is 0 Å². The average molecular weight is 246 g/mol. The maximum Gasteiger partial charge on any atom is 0.416 e. The molecule has 0 saturated heterocycles. The van der Waals surface area contributed by atoms with Crippen LogP contribution in [0.25, 0.3) is 0 Å². The van der Waals surface area contributed by atoms with Crippen LogP contribution in [0, 0.1) is 5.92 Å². The predicted molar refractivity (Wildman–Crippen MR) is 56.1 cm³/mol. The van der Waals surface area contributed by atoms with Crippen LogP contribution in [-0.2, 0) is 22.3 Å². The molecule has 17 heavy (non-hydrogen) atoms. The predicted octanol–water partition coefficient (Wildman–Crippen LogP) is 3.40.